The van der Waals surface area contributed by atoms with E-state index in [1.807, 2.05) is 6.92 Å². The van der Waals surface area contributed by atoms with Gasteiger partial charge in [0.25, 0.3) is 0 Å². The molecule has 0 radical (unpaired) electrons. The van der Waals surface area contributed by atoms with Crippen LogP contribution in [0, 0.1) is 0 Å². The molecule has 0 aliphatic rings. The number of nitrogens with one attached hydrogen (secondary N) is 1. The van der Waals surface area contributed by atoms with Crippen molar-refractivity contribution in [3.63, 3.8) is 0 Å². The van der Waals surface area contributed by atoms with Gasteiger partial charge in [0, 0.05) is 13.7 Å². The normalized spacial score (nSPS) is 15.1. The van der Waals surface area contributed by atoms with Crippen molar-refractivity contribution in [2.45, 2.75) is 25.5 Å². The first kappa shape index (κ1) is 13.4. The predicted octanol–water partition coefficient (Wildman–Crippen LogP) is -0.499. The molecular weight excluding hydrogens is 184 g/mol. The molecule has 0 saturated carbocycles. The molecular formula is C9H20N2O3. The Balaban J connectivity index is 3.55. The third-order valence-electron chi connectivity index (χ3n) is 1.90. The molecule has 5 heteroatoms. The highest BCUT2D eigenvalue weighted by Crippen LogP contribution is 1.96. The summed E-state index contributed by atoms with van der Waals surface area (Å²) >= 11 is 0. The highest BCUT2D eigenvalue weighted by Gasteiger charge is 2.12. The van der Waals surface area contributed by atoms with Crippen LogP contribution in [0.4, 0.5) is 0 Å². The summed E-state index contributed by atoms with van der Waals surface area (Å²) in [7, 11) is 3.33. The first-order valence-electron chi connectivity index (χ1n) is 4.69. The molecule has 5 nitrogen and oxygen atoms in total. The van der Waals surface area contributed by atoms with E-state index in [0.717, 1.165) is 0 Å². The lowest BCUT2D eigenvalue weighted by Crippen LogP contribution is -2.40. The van der Waals surface area contributed by atoms with Crippen molar-refractivity contribution in [2.75, 3.05) is 27.4 Å². The van der Waals surface area contributed by atoms with Crippen LogP contribution in [0.25, 0.3) is 0 Å². The zero-order chi connectivity index (χ0) is 11.0. The first-order chi connectivity index (χ1) is 6.61. The summed E-state index contributed by atoms with van der Waals surface area (Å²) in [5, 5.41) is 2.82. The molecule has 2 unspecified atom stereocenters. The monoisotopic (exact) mass is 204 g/mol. The van der Waals surface area contributed by atoms with Crippen molar-refractivity contribution in [1.29, 1.82) is 0 Å². The SMILES string of the molecule is CNC(CCOC(C)COC)C(N)=O. The van der Waals surface area contributed by atoms with Crippen LogP contribution in [-0.4, -0.2) is 45.4 Å². The minimum Gasteiger partial charge on any atom is -0.382 e. The van der Waals surface area contributed by atoms with Crippen molar-refractivity contribution < 1.29 is 14.3 Å². The topological polar surface area (TPSA) is 73.6 Å². The van der Waals surface area contributed by atoms with Crippen molar-refractivity contribution >= 4 is 5.91 Å². The van der Waals surface area contributed by atoms with Gasteiger partial charge in [-0.25, -0.2) is 0 Å². The molecule has 0 aliphatic heterocycles. The third-order valence-corrected chi connectivity index (χ3v) is 1.90. The van der Waals surface area contributed by atoms with E-state index >= 15 is 0 Å². The lowest BCUT2D eigenvalue weighted by atomic mass is 10.2. The van der Waals surface area contributed by atoms with E-state index in [2.05, 4.69) is 5.32 Å². The van der Waals surface area contributed by atoms with Crippen molar-refractivity contribution in [2.24, 2.45) is 5.73 Å². The number of methoxy groups -OCH3 is 1. The third kappa shape index (κ3) is 5.90. The average molecular weight is 204 g/mol. The van der Waals surface area contributed by atoms with Crippen LogP contribution in [0.15, 0.2) is 0 Å². The highest BCUT2D eigenvalue weighted by atomic mass is 16.5. The summed E-state index contributed by atoms with van der Waals surface area (Å²) in [4.78, 5) is 10.8. The Morgan fingerprint density at radius 1 is 1.57 bits per heavy atom. The molecule has 0 aliphatic carbocycles. The molecule has 14 heavy (non-hydrogen) atoms. The van der Waals surface area contributed by atoms with E-state index < -0.39 is 0 Å². The minimum atomic E-state index is -0.351. The minimum absolute atomic E-state index is 0.0467. The zero-order valence-corrected chi connectivity index (χ0v) is 9.08. The molecule has 0 spiro atoms. The summed E-state index contributed by atoms with van der Waals surface area (Å²) in [5.41, 5.74) is 5.14. The molecule has 0 bridgehead atoms. The van der Waals surface area contributed by atoms with E-state index in [0.29, 0.717) is 19.6 Å². The zero-order valence-electron chi connectivity index (χ0n) is 9.08. The second-order valence-electron chi connectivity index (χ2n) is 3.17. The molecule has 0 rings (SSSR count). The molecule has 0 aromatic heterocycles. The number of hydrogen-bond donors (Lipinski definition) is 2. The van der Waals surface area contributed by atoms with Gasteiger partial charge in [0.2, 0.25) is 5.91 Å². The second kappa shape index (κ2) is 7.73. The molecule has 0 aromatic carbocycles. The number of carbonyl (C=O) groups excluding carboxylic acids is 1. The van der Waals surface area contributed by atoms with E-state index in [9.17, 15) is 4.79 Å². The van der Waals surface area contributed by atoms with Gasteiger partial charge in [-0.2, -0.15) is 0 Å². The Kier molecular flexibility index (Phi) is 7.37. The number of hydrogen-bond acceptors (Lipinski definition) is 4. The lowest BCUT2D eigenvalue weighted by Gasteiger charge is -2.15. The van der Waals surface area contributed by atoms with Crippen molar-refractivity contribution in [3.05, 3.63) is 0 Å². The first-order valence-corrected chi connectivity index (χ1v) is 4.69. The molecule has 0 saturated heterocycles. The van der Waals surface area contributed by atoms with Crippen molar-refractivity contribution in [1.82, 2.24) is 5.32 Å². The molecule has 3 N–H and O–H groups in total. The largest absolute Gasteiger partial charge is 0.382 e. The number of ether oxygens (including phenoxy) is 2. The van der Waals surface area contributed by atoms with Gasteiger partial charge in [-0.1, -0.05) is 0 Å². The highest BCUT2D eigenvalue weighted by molar-refractivity contribution is 5.79. The summed E-state index contributed by atoms with van der Waals surface area (Å²) in [5.74, 6) is -0.351. The summed E-state index contributed by atoms with van der Waals surface area (Å²) < 4.78 is 10.3. The Bertz CT molecular complexity index is 164. The summed E-state index contributed by atoms with van der Waals surface area (Å²) in [6, 6.07) is -0.315. The van der Waals surface area contributed by atoms with Crippen LogP contribution in [-0.2, 0) is 14.3 Å². The standard InChI is InChI=1S/C9H20N2O3/c1-7(6-13-3)14-5-4-8(11-2)9(10)12/h7-8,11H,4-6H2,1-3H3,(H2,10,12). The van der Waals surface area contributed by atoms with Crippen LogP contribution in [0.3, 0.4) is 0 Å². The van der Waals surface area contributed by atoms with Gasteiger partial charge in [-0.05, 0) is 20.4 Å². The Morgan fingerprint density at radius 2 is 2.21 bits per heavy atom. The van der Waals surface area contributed by atoms with Gasteiger partial charge in [0.15, 0.2) is 0 Å². The van der Waals surface area contributed by atoms with Gasteiger partial charge < -0.3 is 20.5 Å². The van der Waals surface area contributed by atoms with E-state index in [-0.39, 0.29) is 18.1 Å². The molecule has 0 fully saturated rings. The maximum absolute atomic E-state index is 10.8. The average Bonchev–Trinajstić information content (AvgIpc) is 2.12. The van der Waals surface area contributed by atoms with Gasteiger partial charge in [-0.3, -0.25) is 4.79 Å². The van der Waals surface area contributed by atoms with E-state index in [1.165, 1.54) is 0 Å². The number of likely N-dealkylation sites (N-methyl/N-ethyl adjacent to an activating group) is 1. The van der Waals surface area contributed by atoms with Crippen LogP contribution in [0.5, 0.6) is 0 Å². The molecule has 1 amide bonds. The Morgan fingerprint density at radius 3 is 2.64 bits per heavy atom. The maximum atomic E-state index is 10.8. The van der Waals surface area contributed by atoms with Crippen LogP contribution < -0.4 is 11.1 Å². The van der Waals surface area contributed by atoms with Crippen molar-refractivity contribution in [3.8, 4) is 0 Å². The molecule has 84 valence electrons. The molecule has 0 aromatic rings. The lowest BCUT2D eigenvalue weighted by molar-refractivity contribution is -0.120. The summed E-state index contributed by atoms with van der Waals surface area (Å²) in [6.07, 6.45) is 0.630. The molecule has 0 heterocycles. The van der Waals surface area contributed by atoms with E-state index in [1.54, 1.807) is 14.2 Å². The fourth-order valence-electron chi connectivity index (χ4n) is 1.10. The molecule has 2 atom stereocenters. The summed E-state index contributed by atoms with van der Waals surface area (Å²) in [6.45, 7) is 2.97. The fourth-order valence-corrected chi connectivity index (χ4v) is 1.10. The fraction of sp³-hybridized carbons (Fsp3) is 0.889. The number of rotatable bonds is 8. The number of carbonyl (C=O) groups is 1. The van der Waals surface area contributed by atoms with Gasteiger partial charge >= 0.3 is 0 Å². The van der Waals surface area contributed by atoms with E-state index in [4.69, 9.17) is 15.2 Å². The number of nitrogens with two attached hydrogens (primary N) is 1. The number of amides is 1. The second-order valence-corrected chi connectivity index (χ2v) is 3.17. The van der Waals surface area contributed by atoms with Gasteiger partial charge in [0.1, 0.15) is 0 Å². The Hall–Kier alpha value is -0.650. The van der Waals surface area contributed by atoms with Crippen LogP contribution >= 0.6 is 0 Å². The number of primary amides is 1. The van der Waals surface area contributed by atoms with Crippen LogP contribution in [0.1, 0.15) is 13.3 Å². The quantitative estimate of drug-likeness (QED) is 0.559. The van der Waals surface area contributed by atoms with Gasteiger partial charge in [-0.15, -0.1) is 0 Å². The van der Waals surface area contributed by atoms with Crippen LogP contribution in [0.2, 0.25) is 0 Å². The van der Waals surface area contributed by atoms with Gasteiger partial charge in [0.05, 0.1) is 18.8 Å². The maximum Gasteiger partial charge on any atom is 0.234 e. The Labute approximate surface area is 84.9 Å². The predicted molar refractivity (Wildman–Crippen MR) is 53.9 cm³/mol. The smallest absolute Gasteiger partial charge is 0.234 e.